The summed E-state index contributed by atoms with van der Waals surface area (Å²) in [6, 6.07) is 0. The van der Waals surface area contributed by atoms with Crippen LogP contribution in [0.1, 0.15) is 0 Å². The lowest BCUT2D eigenvalue weighted by Crippen LogP contribution is -2.02. The van der Waals surface area contributed by atoms with E-state index in [1.165, 1.54) is 20.7 Å². The SMILES string of the molecule is COC=[O+]C.F[B-](F)(F)F. The molecule has 0 saturated carbocycles. The van der Waals surface area contributed by atoms with Gasteiger partial charge in [0.2, 0.25) is 0 Å². The first kappa shape index (κ1) is 12.0. The monoisotopic (exact) mass is 162 g/mol. The molecule has 0 saturated heterocycles. The van der Waals surface area contributed by atoms with Crippen molar-refractivity contribution >= 4 is 13.7 Å². The molecule has 0 fully saturated rings. The van der Waals surface area contributed by atoms with Gasteiger partial charge in [-0.2, -0.15) is 0 Å². The van der Waals surface area contributed by atoms with Crippen LogP contribution in [0.15, 0.2) is 0 Å². The number of hydrogen-bond acceptors (Lipinski definition) is 1. The van der Waals surface area contributed by atoms with E-state index < -0.39 is 7.25 Å². The van der Waals surface area contributed by atoms with E-state index in [0.717, 1.165) is 0 Å². The molecule has 62 valence electrons. The van der Waals surface area contributed by atoms with E-state index in [1.807, 2.05) is 0 Å². The van der Waals surface area contributed by atoms with Crippen molar-refractivity contribution in [3.8, 4) is 0 Å². The highest BCUT2D eigenvalue weighted by Crippen LogP contribution is 2.06. The summed E-state index contributed by atoms with van der Waals surface area (Å²) in [6.45, 7) is 1.25. The van der Waals surface area contributed by atoms with Gasteiger partial charge in [0.05, 0.1) is 0 Å². The molecule has 0 rings (SSSR count). The first-order valence-corrected chi connectivity index (χ1v) is 2.16. The van der Waals surface area contributed by atoms with Crippen LogP contribution < -0.4 is 0 Å². The van der Waals surface area contributed by atoms with Crippen molar-refractivity contribution in [1.29, 1.82) is 0 Å². The first-order chi connectivity index (χ1) is 4.41. The van der Waals surface area contributed by atoms with E-state index in [2.05, 4.69) is 9.16 Å². The molecule has 7 heteroatoms. The third-order valence-corrected chi connectivity index (χ3v) is 0.192. The molecule has 0 heterocycles. The maximum absolute atomic E-state index is 9.75. The third kappa shape index (κ3) is 180. The fraction of sp³-hybridized carbons (Fsp3) is 0.667. The van der Waals surface area contributed by atoms with Crippen LogP contribution in [0.25, 0.3) is 0 Å². The molecule has 0 aromatic rings. The molecule has 0 aliphatic heterocycles. The maximum atomic E-state index is 9.75. The summed E-state index contributed by atoms with van der Waals surface area (Å²) in [5.74, 6) is 0. The van der Waals surface area contributed by atoms with Crippen LogP contribution in [0, 0.1) is 0 Å². The Balaban J connectivity index is 0. The Morgan fingerprint density at radius 2 is 1.60 bits per heavy atom. The number of hydrogen-bond donors (Lipinski definition) is 0. The molecule has 0 amide bonds. The summed E-state index contributed by atoms with van der Waals surface area (Å²) in [7, 11) is -2.94. The zero-order valence-corrected chi connectivity index (χ0v) is 5.48. The molecular weight excluding hydrogens is 155 g/mol. The molecule has 0 aromatic carbocycles. The van der Waals surface area contributed by atoms with Crippen molar-refractivity contribution < 1.29 is 26.4 Å². The van der Waals surface area contributed by atoms with E-state index in [1.54, 1.807) is 0 Å². The van der Waals surface area contributed by atoms with E-state index in [0.29, 0.717) is 0 Å². The summed E-state index contributed by atoms with van der Waals surface area (Å²) in [6.07, 6.45) is 0. The Hall–Kier alpha value is -0.745. The van der Waals surface area contributed by atoms with Gasteiger partial charge in [0.1, 0.15) is 0 Å². The van der Waals surface area contributed by atoms with Crippen molar-refractivity contribution in [3.63, 3.8) is 0 Å². The highest BCUT2D eigenvalue weighted by molar-refractivity contribution is 6.50. The van der Waals surface area contributed by atoms with Crippen molar-refractivity contribution in [3.05, 3.63) is 0 Å². The molecule has 0 aromatic heterocycles. The second-order valence-electron chi connectivity index (χ2n) is 1.06. The Bertz CT molecular complexity index is 85.0. The van der Waals surface area contributed by atoms with E-state index in [4.69, 9.17) is 0 Å². The normalized spacial score (nSPS) is 10.6. The molecule has 0 unspecified atom stereocenters. The minimum absolute atomic E-state index is 1.25. The zero-order chi connectivity index (χ0) is 8.62. The van der Waals surface area contributed by atoms with Gasteiger partial charge in [-0.25, -0.2) is 0 Å². The predicted molar refractivity (Wildman–Crippen MR) is 29.2 cm³/mol. The van der Waals surface area contributed by atoms with Gasteiger partial charge in [0.15, 0.2) is 14.2 Å². The van der Waals surface area contributed by atoms with Crippen LogP contribution in [0.5, 0.6) is 0 Å². The number of halogens is 4. The van der Waals surface area contributed by atoms with Crippen molar-refractivity contribution in [1.82, 2.24) is 0 Å². The van der Waals surface area contributed by atoms with Crippen molar-refractivity contribution in [2.24, 2.45) is 0 Å². The average Bonchev–Trinajstić information content (AvgIpc) is 1.63. The molecule has 0 radical (unpaired) electrons. The zero-order valence-electron chi connectivity index (χ0n) is 5.48. The van der Waals surface area contributed by atoms with Crippen LogP contribution in [0.3, 0.4) is 0 Å². The van der Waals surface area contributed by atoms with E-state index in [9.17, 15) is 17.3 Å². The second-order valence-corrected chi connectivity index (χ2v) is 1.06. The highest BCUT2D eigenvalue weighted by atomic mass is 19.5. The first-order valence-electron chi connectivity index (χ1n) is 2.16. The van der Waals surface area contributed by atoms with E-state index >= 15 is 0 Å². The summed E-state index contributed by atoms with van der Waals surface area (Å²) < 4.78 is 47.7. The molecule has 0 aliphatic carbocycles. The van der Waals surface area contributed by atoms with E-state index in [-0.39, 0.29) is 0 Å². The van der Waals surface area contributed by atoms with Crippen molar-refractivity contribution in [2.75, 3.05) is 14.2 Å². The molecule has 0 aliphatic rings. The quantitative estimate of drug-likeness (QED) is 0.246. The van der Waals surface area contributed by atoms with Gasteiger partial charge < -0.3 is 26.4 Å². The number of methoxy groups -OCH3 is 1. The smallest absolute Gasteiger partial charge is 0.418 e. The van der Waals surface area contributed by atoms with Gasteiger partial charge >= 0.3 is 13.7 Å². The third-order valence-electron chi connectivity index (χ3n) is 0.192. The number of rotatable bonds is 1. The standard InChI is InChI=1S/C3H7O2.BF4/c1-4-3-5-2;2-1(3,4)5/h3H,1-2H3;/q+1;-1. The van der Waals surface area contributed by atoms with Crippen LogP contribution in [0.4, 0.5) is 17.3 Å². The summed E-state index contributed by atoms with van der Waals surface area (Å²) in [4.78, 5) is 0. The number of ether oxygens (including phenoxy) is 1. The fourth-order valence-electron chi connectivity index (χ4n) is 0.0962. The largest absolute Gasteiger partial charge is 0.673 e. The van der Waals surface area contributed by atoms with Crippen LogP contribution in [-0.2, 0) is 9.16 Å². The topological polar surface area (TPSA) is 20.5 Å². The molecule has 2 nitrogen and oxygen atoms in total. The lowest BCUT2D eigenvalue weighted by atomic mass is 10.3. The fourth-order valence-corrected chi connectivity index (χ4v) is 0.0962. The Labute approximate surface area is 55.6 Å². The van der Waals surface area contributed by atoms with Crippen LogP contribution in [0.2, 0.25) is 0 Å². The molecule has 0 atom stereocenters. The van der Waals surface area contributed by atoms with Gasteiger partial charge in [-0.05, 0) is 0 Å². The van der Waals surface area contributed by atoms with Gasteiger partial charge in [-0.3, -0.25) is 0 Å². The number of carbonyl (C=O) groups excluding carboxylic acids is 1. The summed E-state index contributed by atoms with van der Waals surface area (Å²) in [5.41, 5.74) is 0. The van der Waals surface area contributed by atoms with Crippen LogP contribution >= 0.6 is 0 Å². The van der Waals surface area contributed by atoms with Gasteiger partial charge in [-0.15, -0.1) is 0 Å². The predicted octanol–water partition coefficient (Wildman–Crippen LogP) is 1.25. The van der Waals surface area contributed by atoms with Gasteiger partial charge in [0.25, 0.3) is 0 Å². The van der Waals surface area contributed by atoms with Gasteiger partial charge in [0, 0.05) is 0 Å². The second kappa shape index (κ2) is 6.38. The minimum Gasteiger partial charge on any atom is -0.418 e. The summed E-state index contributed by atoms with van der Waals surface area (Å²) in [5, 5.41) is 0. The molecule has 10 heavy (non-hydrogen) atoms. The summed E-state index contributed by atoms with van der Waals surface area (Å²) >= 11 is 0. The highest BCUT2D eigenvalue weighted by Gasteiger charge is 2.20. The minimum atomic E-state index is -6.00. The Morgan fingerprint density at radius 1 is 1.30 bits per heavy atom. The van der Waals surface area contributed by atoms with Crippen molar-refractivity contribution in [2.45, 2.75) is 0 Å². The molecular formula is C3H7BF4O2. The lowest BCUT2D eigenvalue weighted by molar-refractivity contribution is -0.423. The molecule has 0 N–H and O–H groups in total. The Kier molecular flexibility index (Phi) is 7.64. The molecule has 0 bridgehead atoms. The molecule has 0 spiro atoms. The van der Waals surface area contributed by atoms with Crippen LogP contribution in [-0.4, -0.2) is 27.9 Å². The lowest BCUT2D eigenvalue weighted by Gasteiger charge is -1.94. The van der Waals surface area contributed by atoms with Gasteiger partial charge in [-0.1, -0.05) is 0 Å². The maximum Gasteiger partial charge on any atom is 0.673 e. The Morgan fingerprint density at radius 3 is 1.60 bits per heavy atom. The average molecular weight is 162 g/mol.